The number of hydrogen-bond acceptors (Lipinski definition) is 5. The quantitative estimate of drug-likeness (QED) is 0.377. The van der Waals surface area contributed by atoms with Gasteiger partial charge in [-0.25, -0.2) is 0 Å². The third kappa shape index (κ3) is 4.58. The van der Waals surface area contributed by atoms with Crippen molar-refractivity contribution in [1.82, 2.24) is 19.6 Å². The Balaban J connectivity index is 1.36. The second-order valence-corrected chi connectivity index (χ2v) is 6.72. The maximum absolute atomic E-state index is 12.5. The van der Waals surface area contributed by atoms with Gasteiger partial charge in [0, 0.05) is 11.8 Å². The molecule has 150 valence electrons. The van der Waals surface area contributed by atoms with Crippen LogP contribution in [0.4, 0.5) is 11.4 Å². The lowest BCUT2D eigenvalue weighted by Crippen LogP contribution is -2.11. The van der Waals surface area contributed by atoms with E-state index in [-0.39, 0.29) is 11.6 Å². The number of hydrogen-bond donors (Lipinski definition) is 1. The minimum atomic E-state index is -0.487. The molecule has 0 saturated heterocycles. The minimum Gasteiger partial charge on any atom is -0.319 e. The van der Waals surface area contributed by atoms with Gasteiger partial charge in [-0.05, 0) is 23.3 Å². The largest absolute Gasteiger partial charge is 0.319 e. The number of rotatable bonds is 7. The molecule has 1 N–H and O–H groups in total. The van der Waals surface area contributed by atoms with E-state index in [0.29, 0.717) is 24.3 Å². The lowest BCUT2D eigenvalue weighted by Gasteiger charge is -2.05. The van der Waals surface area contributed by atoms with Crippen molar-refractivity contribution in [3.8, 4) is 0 Å². The van der Waals surface area contributed by atoms with Crippen molar-refractivity contribution in [1.29, 1.82) is 0 Å². The number of nitrogens with one attached hydrogen (secondary N) is 1. The molecular formula is C21H18N6O3. The third-order valence-corrected chi connectivity index (χ3v) is 4.47. The van der Waals surface area contributed by atoms with E-state index in [9.17, 15) is 14.9 Å². The molecule has 0 radical (unpaired) electrons. The van der Waals surface area contributed by atoms with Gasteiger partial charge in [0.25, 0.3) is 5.91 Å². The number of anilines is 1. The number of nitrogens with zero attached hydrogens (tertiary/aromatic N) is 5. The summed E-state index contributed by atoms with van der Waals surface area (Å²) in [7, 11) is 0. The third-order valence-electron chi connectivity index (χ3n) is 4.47. The fourth-order valence-corrected chi connectivity index (χ4v) is 2.97. The molecule has 1 amide bonds. The van der Waals surface area contributed by atoms with Crippen molar-refractivity contribution in [3.05, 3.63) is 106 Å². The van der Waals surface area contributed by atoms with Crippen molar-refractivity contribution in [2.75, 3.05) is 5.32 Å². The molecule has 0 bridgehead atoms. The van der Waals surface area contributed by atoms with Crippen LogP contribution in [0.25, 0.3) is 0 Å². The highest BCUT2D eigenvalue weighted by Crippen LogP contribution is 2.13. The van der Waals surface area contributed by atoms with E-state index in [1.54, 1.807) is 41.3 Å². The number of carbonyl (C=O) groups excluding carboxylic acids is 1. The average molecular weight is 402 g/mol. The van der Waals surface area contributed by atoms with Crippen LogP contribution in [0.15, 0.2) is 79.4 Å². The van der Waals surface area contributed by atoms with Gasteiger partial charge >= 0.3 is 5.69 Å². The van der Waals surface area contributed by atoms with E-state index in [0.717, 1.165) is 11.1 Å². The molecule has 2 aromatic heterocycles. The number of nitro groups is 1. The maximum Gasteiger partial charge on any atom is 0.307 e. The Morgan fingerprint density at radius 3 is 2.20 bits per heavy atom. The maximum atomic E-state index is 12.5. The smallest absolute Gasteiger partial charge is 0.307 e. The summed E-state index contributed by atoms with van der Waals surface area (Å²) in [6.07, 6.45) is 5.97. The molecule has 2 heterocycles. The van der Waals surface area contributed by atoms with E-state index >= 15 is 0 Å². The molecule has 9 heteroatoms. The zero-order chi connectivity index (χ0) is 20.9. The Kier molecular flexibility index (Phi) is 5.33. The Morgan fingerprint density at radius 1 is 0.900 bits per heavy atom. The van der Waals surface area contributed by atoms with E-state index in [1.165, 1.54) is 17.1 Å². The highest BCUT2D eigenvalue weighted by Gasteiger charge is 2.10. The van der Waals surface area contributed by atoms with Crippen LogP contribution >= 0.6 is 0 Å². The highest BCUT2D eigenvalue weighted by atomic mass is 16.6. The topological polar surface area (TPSA) is 108 Å². The van der Waals surface area contributed by atoms with Gasteiger partial charge in [0.1, 0.15) is 12.4 Å². The first-order valence-electron chi connectivity index (χ1n) is 9.20. The summed E-state index contributed by atoms with van der Waals surface area (Å²) < 4.78 is 3.24. The molecule has 4 aromatic rings. The summed E-state index contributed by atoms with van der Waals surface area (Å²) >= 11 is 0. The standard InChI is InChI=1S/C21H18N6O3/c28-21(24-19-10-22-25(14-19)12-16-4-2-1-3-5-16)18-8-6-17(7-9-18)13-26-15-20(11-23-26)27(29)30/h1-11,14-15H,12-13H2,(H,24,28). The lowest BCUT2D eigenvalue weighted by atomic mass is 10.1. The first kappa shape index (κ1) is 19.1. The molecule has 0 unspecified atom stereocenters. The van der Waals surface area contributed by atoms with E-state index in [2.05, 4.69) is 15.5 Å². The van der Waals surface area contributed by atoms with Gasteiger partial charge in [0.05, 0.1) is 29.9 Å². The number of benzene rings is 2. The first-order chi connectivity index (χ1) is 14.6. The average Bonchev–Trinajstić information content (AvgIpc) is 3.39. The van der Waals surface area contributed by atoms with Gasteiger partial charge in [0.2, 0.25) is 0 Å². The van der Waals surface area contributed by atoms with Crippen molar-refractivity contribution < 1.29 is 9.72 Å². The van der Waals surface area contributed by atoms with Gasteiger partial charge in [-0.15, -0.1) is 0 Å². The van der Waals surface area contributed by atoms with Gasteiger partial charge in [-0.2, -0.15) is 10.2 Å². The van der Waals surface area contributed by atoms with Crippen molar-refractivity contribution >= 4 is 17.3 Å². The predicted molar refractivity (Wildman–Crippen MR) is 110 cm³/mol. The van der Waals surface area contributed by atoms with Crippen LogP contribution in [0.5, 0.6) is 0 Å². The second kappa shape index (κ2) is 8.39. The van der Waals surface area contributed by atoms with Crippen molar-refractivity contribution in [2.24, 2.45) is 0 Å². The number of carbonyl (C=O) groups is 1. The van der Waals surface area contributed by atoms with Gasteiger partial charge < -0.3 is 5.32 Å². The molecule has 0 spiro atoms. The Labute approximate surface area is 171 Å². The summed E-state index contributed by atoms with van der Waals surface area (Å²) in [6, 6.07) is 16.9. The van der Waals surface area contributed by atoms with E-state index in [4.69, 9.17) is 0 Å². The highest BCUT2D eigenvalue weighted by molar-refractivity contribution is 6.04. The zero-order valence-electron chi connectivity index (χ0n) is 15.9. The Morgan fingerprint density at radius 2 is 1.53 bits per heavy atom. The van der Waals surface area contributed by atoms with E-state index in [1.807, 2.05) is 30.3 Å². The molecule has 0 fully saturated rings. The van der Waals surface area contributed by atoms with Gasteiger partial charge in [0.15, 0.2) is 0 Å². The SMILES string of the molecule is O=C(Nc1cnn(Cc2ccccc2)c1)c1ccc(Cn2cc([N+](=O)[O-])cn2)cc1. The van der Waals surface area contributed by atoms with Crippen molar-refractivity contribution in [2.45, 2.75) is 13.1 Å². The van der Waals surface area contributed by atoms with Crippen LogP contribution in [0.2, 0.25) is 0 Å². The van der Waals surface area contributed by atoms with Crippen LogP contribution in [0, 0.1) is 10.1 Å². The molecule has 0 aliphatic rings. The molecule has 2 aromatic carbocycles. The number of amides is 1. The Bertz CT molecular complexity index is 1160. The van der Waals surface area contributed by atoms with Crippen LogP contribution in [-0.4, -0.2) is 30.4 Å². The summed E-state index contributed by atoms with van der Waals surface area (Å²) in [5.74, 6) is -0.240. The summed E-state index contributed by atoms with van der Waals surface area (Å²) in [4.78, 5) is 22.7. The van der Waals surface area contributed by atoms with Crippen molar-refractivity contribution in [3.63, 3.8) is 0 Å². The molecule has 30 heavy (non-hydrogen) atoms. The molecular weight excluding hydrogens is 384 g/mol. The molecule has 4 rings (SSSR count). The van der Waals surface area contributed by atoms with Crippen LogP contribution in [0.3, 0.4) is 0 Å². The second-order valence-electron chi connectivity index (χ2n) is 6.72. The molecule has 9 nitrogen and oxygen atoms in total. The van der Waals surface area contributed by atoms with Gasteiger partial charge in [-0.3, -0.25) is 24.3 Å². The zero-order valence-corrected chi connectivity index (χ0v) is 15.9. The lowest BCUT2D eigenvalue weighted by molar-refractivity contribution is -0.385. The predicted octanol–water partition coefficient (Wildman–Crippen LogP) is 3.34. The summed E-state index contributed by atoms with van der Waals surface area (Å²) in [6.45, 7) is 0.999. The number of aromatic nitrogens is 4. The minimum absolute atomic E-state index is 0.0567. The molecule has 0 atom stereocenters. The fourth-order valence-electron chi connectivity index (χ4n) is 2.97. The van der Waals surface area contributed by atoms with Crippen LogP contribution < -0.4 is 5.32 Å². The first-order valence-corrected chi connectivity index (χ1v) is 9.20. The monoisotopic (exact) mass is 402 g/mol. The molecule has 0 aliphatic carbocycles. The fraction of sp³-hybridized carbons (Fsp3) is 0.0952. The summed E-state index contributed by atoms with van der Waals surface area (Å²) in [5, 5.41) is 21.8. The summed E-state index contributed by atoms with van der Waals surface area (Å²) in [5.41, 5.74) is 3.06. The van der Waals surface area contributed by atoms with Crippen LogP contribution in [0.1, 0.15) is 21.5 Å². The van der Waals surface area contributed by atoms with E-state index < -0.39 is 4.92 Å². The Hall–Kier alpha value is -4.27. The van der Waals surface area contributed by atoms with Crippen LogP contribution in [-0.2, 0) is 13.1 Å². The molecule has 0 saturated carbocycles. The van der Waals surface area contributed by atoms with Gasteiger partial charge in [-0.1, -0.05) is 42.5 Å². The normalized spacial score (nSPS) is 10.7. The molecule has 0 aliphatic heterocycles.